The van der Waals surface area contributed by atoms with Crippen LogP contribution < -0.4 is 26.7 Å². The first-order valence-electron chi connectivity index (χ1n) is 15.5. The minimum absolute atomic E-state index is 0.0680. The lowest BCUT2D eigenvalue weighted by Gasteiger charge is -2.22. The molecular weight excluding hydrogens is 616 g/mol. The van der Waals surface area contributed by atoms with Gasteiger partial charge in [-0.3, -0.25) is 19.6 Å². The first-order chi connectivity index (χ1) is 23.1. The zero-order chi connectivity index (χ0) is 34.2. The van der Waals surface area contributed by atoms with Crippen LogP contribution in [0.15, 0.2) is 83.8 Å². The molecule has 250 valence electrons. The number of nitrogens with one attached hydrogen (secondary N) is 3. The van der Waals surface area contributed by atoms with Gasteiger partial charge in [-0.05, 0) is 59.0 Å². The third-order valence-electron chi connectivity index (χ3n) is 7.86. The molecule has 2 aromatic heterocycles. The number of aromatic amines is 1. The number of ether oxygens (including phenoxy) is 2. The molecule has 3 aromatic carbocycles. The van der Waals surface area contributed by atoms with E-state index in [2.05, 4.69) is 20.7 Å². The first kappa shape index (κ1) is 33.7. The molecule has 48 heavy (non-hydrogen) atoms. The van der Waals surface area contributed by atoms with Crippen molar-refractivity contribution in [3.63, 3.8) is 0 Å². The van der Waals surface area contributed by atoms with Gasteiger partial charge in [-0.15, -0.1) is 0 Å². The second-order valence-electron chi connectivity index (χ2n) is 11.3. The van der Waals surface area contributed by atoms with E-state index in [4.69, 9.17) is 15.2 Å². The number of primary amides is 1. The van der Waals surface area contributed by atoms with E-state index in [0.29, 0.717) is 34.4 Å². The zero-order valence-corrected chi connectivity index (χ0v) is 26.6. The Labute approximate surface area is 276 Å². The van der Waals surface area contributed by atoms with Crippen LogP contribution in [0.1, 0.15) is 53.0 Å². The SMILES string of the molecule is CCC[C@@H](NC[C@H](O)c1ccc(O)c2[nH]c(=O)ccc12)NC(=O)c1cnn(C)c1COc1cccc(-c2cccc(COC(N)=O)c2)c1. The summed E-state index contributed by atoms with van der Waals surface area (Å²) in [7, 11) is 1.74. The fourth-order valence-corrected chi connectivity index (χ4v) is 5.40. The van der Waals surface area contributed by atoms with Crippen molar-refractivity contribution in [1.82, 2.24) is 25.4 Å². The number of H-pyrrole nitrogens is 1. The summed E-state index contributed by atoms with van der Waals surface area (Å²) >= 11 is 0. The monoisotopic (exact) mass is 654 g/mol. The van der Waals surface area contributed by atoms with E-state index in [1.807, 2.05) is 55.5 Å². The maximum atomic E-state index is 13.5. The number of nitrogens with zero attached hydrogens (tertiary/aromatic N) is 2. The van der Waals surface area contributed by atoms with Crippen molar-refractivity contribution in [2.24, 2.45) is 12.8 Å². The van der Waals surface area contributed by atoms with E-state index >= 15 is 0 Å². The number of aliphatic hydroxyl groups excluding tert-OH is 1. The van der Waals surface area contributed by atoms with Gasteiger partial charge in [0.05, 0.1) is 35.2 Å². The molecule has 7 N–H and O–H groups in total. The van der Waals surface area contributed by atoms with Gasteiger partial charge >= 0.3 is 6.09 Å². The number of hydrogen-bond donors (Lipinski definition) is 6. The summed E-state index contributed by atoms with van der Waals surface area (Å²) in [5, 5.41) is 32.2. The lowest BCUT2D eigenvalue weighted by molar-refractivity contribution is 0.0914. The third kappa shape index (κ3) is 8.18. The predicted molar refractivity (Wildman–Crippen MR) is 179 cm³/mol. The van der Waals surface area contributed by atoms with Crippen LogP contribution in [0, 0.1) is 0 Å². The summed E-state index contributed by atoms with van der Waals surface area (Å²) in [4.78, 5) is 38.8. The van der Waals surface area contributed by atoms with Crippen LogP contribution in [-0.2, 0) is 25.0 Å². The zero-order valence-electron chi connectivity index (χ0n) is 26.6. The highest BCUT2D eigenvalue weighted by atomic mass is 16.5. The molecule has 0 aliphatic carbocycles. The van der Waals surface area contributed by atoms with E-state index in [9.17, 15) is 24.6 Å². The molecule has 5 aromatic rings. The van der Waals surface area contributed by atoms with Crippen LogP contribution in [0.25, 0.3) is 22.0 Å². The van der Waals surface area contributed by atoms with Gasteiger partial charge in [0, 0.05) is 25.0 Å². The molecule has 0 aliphatic heterocycles. The molecule has 0 radical (unpaired) electrons. The standard InChI is InChI=1S/C35H38N6O7/c1-3-6-31(37-18-30(43)25-11-13-29(42)33-26(25)12-14-32(44)40-33)39-34(45)27-17-38-41(2)28(27)20-47-24-10-5-9-23(16-24)22-8-4-7-21(15-22)19-48-35(36)46/h4-5,7-17,30-31,37,42-43H,3,6,18-20H2,1-2H3,(H2,36,46)(H,39,45)(H,40,44)/t30-,31-/m0/s1. The van der Waals surface area contributed by atoms with E-state index in [1.165, 1.54) is 18.3 Å². The Bertz CT molecular complexity index is 1970. The first-order valence-corrected chi connectivity index (χ1v) is 15.5. The van der Waals surface area contributed by atoms with Gasteiger partial charge in [0.2, 0.25) is 5.56 Å². The number of carbonyl (C=O) groups is 2. The third-order valence-corrected chi connectivity index (χ3v) is 7.86. The Morgan fingerprint density at radius 3 is 2.58 bits per heavy atom. The number of amides is 2. The minimum atomic E-state index is -0.987. The molecule has 0 saturated carbocycles. The molecule has 13 heteroatoms. The highest BCUT2D eigenvalue weighted by Gasteiger charge is 2.21. The molecule has 13 nitrogen and oxygen atoms in total. The van der Waals surface area contributed by atoms with Crippen LogP contribution in [0.3, 0.4) is 0 Å². The Morgan fingerprint density at radius 2 is 1.81 bits per heavy atom. The van der Waals surface area contributed by atoms with Crippen LogP contribution in [0.5, 0.6) is 11.5 Å². The molecule has 0 saturated heterocycles. The molecule has 0 unspecified atom stereocenters. The number of rotatable bonds is 14. The van der Waals surface area contributed by atoms with E-state index in [0.717, 1.165) is 23.1 Å². The van der Waals surface area contributed by atoms with E-state index < -0.39 is 18.4 Å². The largest absolute Gasteiger partial charge is 0.506 e. The average molecular weight is 655 g/mol. The van der Waals surface area contributed by atoms with Gasteiger partial charge in [-0.1, -0.05) is 49.7 Å². The van der Waals surface area contributed by atoms with Gasteiger partial charge < -0.3 is 35.7 Å². The summed E-state index contributed by atoms with van der Waals surface area (Å²) in [6.07, 6.45) is 0.559. The smallest absolute Gasteiger partial charge is 0.404 e. The minimum Gasteiger partial charge on any atom is -0.506 e. The van der Waals surface area contributed by atoms with Gasteiger partial charge in [0.1, 0.15) is 24.7 Å². The van der Waals surface area contributed by atoms with Crippen LogP contribution in [0.2, 0.25) is 0 Å². The molecule has 2 heterocycles. The van der Waals surface area contributed by atoms with Crippen molar-refractivity contribution in [1.29, 1.82) is 0 Å². The summed E-state index contributed by atoms with van der Waals surface area (Å²) in [6.45, 7) is 2.24. The van der Waals surface area contributed by atoms with Crippen molar-refractivity contribution in [2.45, 2.75) is 45.2 Å². The molecular formula is C35H38N6O7. The van der Waals surface area contributed by atoms with Gasteiger partial charge in [-0.25, -0.2) is 4.79 Å². The summed E-state index contributed by atoms with van der Waals surface area (Å²) in [5.74, 6) is 0.147. The number of pyridine rings is 1. The Morgan fingerprint density at radius 1 is 1.04 bits per heavy atom. The Balaban J connectivity index is 1.24. The molecule has 2 atom stereocenters. The lowest BCUT2D eigenvalue weighted by atomic mass is 10.0. The second-order valence-corrected chi connectivity index (χ2v) is 11.3. The maximum absolute atomic E-state index is 13.5. The van der Waals surface area contributed by atoms with E-state index in [-0.39, 0.29) is 42.5 Å². The Kier molecular flexibility index (Phi) is 10.7. The number of hydrogen-bond acceptors (Lipinski definition) is 9. The predicted octanol–water partition coefficient (Wildman–Crippen LogP) is 3.99. The highest BCUT2D eigenvalue weighted by Crippen LogP contribution is 2.29. The fourth-order valence-electron chi connectivity index (χ4n) is 5.40. The van der Waals surface area contributed by atoms with E-state index in [1.54, 1.807) is 23.9 Å². The fraction of sp³-hybridized carbons (Fsp3) is 0.257. The van der Waals surface area contributed by atoms with Crippen molar-refractivity contribution in [3.05, 3.63) is 112 Å². The molecule has 0 aliphatic rings. The molecule has 5 rings (SSSR count). The van der Waals surface area contributed by atoms with Crippen LogP contribution in [-0.4, -0.2) is 49.7 Å². The number of aryl methyl sites for hydroxylation is 1. The number of fused-ring (bicyclic) bond motifs is 1. The second kappa shape index (κ2) is 15.3. The lowest BCUT2D eigenvalue weighted by Crippen LogP contribution is -2.46. The number of carbonyl (C=O) groups excluding carboxylic acids is 2. The quantitative estimate of drug-likeness (QED) is 0.0961. The summed E-state index contributed by atoms with van der Waals surface area (Å²) in [6, 6.07) is 21.0. The van der Waals surface area contributed by atoms with Gasteiger partial charge in [0.15, 0.2) is 0 Å². The number of aromatic hydroxyl groups is 1. The number of benzene rings is 3. The maximum Gasteiger partial charge on any atom is 0.404 e. The average Bonchev–Trinajstić information content (AvgIpc) is 3.45. The summed E-state index contributed by atoms with van der Waals surface area (Å²) in [5.41, 5.74) is 9.01. The molecule has 0 bridgehead atoms. The van der Waals surface area contributed by atoms with Gasteiger partial charge in [-0.2, -0.15) is 5.10 Å². The molecule has 0 spiro atoms. The summed E-state index contributed by atoms with van der Waals surface area (Å²) < 4.78 is 12.6. The van der Waals surface area contributed by atoms with Crippen molar-refractivity contribution in [3.8, 4) is 22.6 Å². The van der Waals surface area contributed by atoms with Crippen molar-refractivity contribution >= 4 is 22.9 Å². The molecule has 0 fully saturated rings. The number of nitrogens with two attached hydrogens (primary N) is 1. The number of aromatic nitrogens is 3. The van der Waals surface area contributed by atoms with Crippen molar-refractivity contribution in [2.75, 3.05) is 6.54 Å². The number of aliphatic hydroxyl groups is 1. The van der Waals surface area contributed by atoms with Crippen molar-refractivity contribution < 1.29 is 29.3 Å². The van der Waals surface area contributed by atoms with Gasteiger partial charge in [0.25, 0.3) is 5.91 Å². The Hall–Kier alpha value is -5.66. The molecule has 2 amide bonds. The number of phenolic OH excluding ortho intramolecular Hbond substituents is 1. The topological polar surface area (TPSA) is 194 Å². The normalized spacial score (nSPS) is 12.4. The van der Waals surface area contributed by atoms with Crippen LogP contribution >= 0.6 is 0 Å². The highest BCUT2D eigenvalue weighted by molar-refractivity contribution is 5.95. The number of phenols is 1. The van der Waals surface area contributed by atoms with Crippen LogP contribution in [0.4, 0.5) is 4.79 Å².